The molecule has 1 N–H and O–H groups in total. The van der Waals surface area contributed by atoms with Crippen LogP contribution in [-0.4, -0.2) is 34.4 Å². The number of carbonyl (C=O) groups excluding carboxylic acids is 2. The molecule has 30 heavy (non-hydrogen) atoms. The van der Waals surface area contributed by atoms with Crippen molar-refractivity contribution in [2.75, 3.05) is 7.11 Å². The van der Waals surface area contributed by atoms with Crippen LogP contribution in [0, 0.1) is 0 Å². The number of thioether (sulfide) groups is 1. The first-order valence-electron chi connectivity index (χ1n) is 9.41. The van der Waals surface area contributed by atoms with Gasteiger partial charge in [-0.05, 0) is 73.6 Å². The van der Waals surface area contributed by atoms with Crippen LogP contribution in [0.3, 0.4) is 0 Å². The highest BCUT2D eigenvalue weighted by Crippen LogP contribution is 2.32. The number of rotatable bonds is 7. The number of nitrogens with one attached hydrogen (secondary N) is 1. The smallest absolute Gasteiger partial charge is 0.285 e. The van der Waals surface area contributed by atoms with E-state index in [0.717, 1.165) is 34.5 Å². The summed E-state index contributed by atoms with van der Waals surface area (Å²) in [5.74, 6) is 0.620. The largest absolute Gasteiger partial charge is 0.497 e. The van der Waals surface area contributed by atoms with Crippen LogP contribution in [0.2, 0.25) is 0 Å². The summed E-state index contributed by atoms with van der Waals surface area (Å²) in [5.41, 5.74) is 3.80. The van der Waals surface area contributed by atoms with Crippen LogP contribution in [0.4, 0.5) is 0 Å². The molecule has 0 aromatic heterocycles. The third kappa shape index (κ3) is 5.20. The first kappa shape index (κ1) is 21.9. The Bertz CT molecular complexity index is 972. The topological polar surface area (TPSA) is 67.9 Å². The Balaban J connectivity index is 1.68. The monoisotopic (exact) mass is 442 g/mol. The lowest BCUT2D eigenvalue weighted by Gasteiger charge is -2.15. The van der Waals surface area contributed by atoms with Gasteiger partial charge >= 0.3 is 0 Å². The van der Waals surface area contributed by atoms with Gasteiger partial charge in [-0.3, -0.25) is 15.0 Å². The van der Waals surface area contributed by atoms with Gasteiger partial charge in [0.05, 0.1) is 18.1 Å². The molecule has 1 saturated heterocycles. The van der Waals surface area contributed by atoms with Crippen LogP contribution < -0.4 is 14.9 Å². The second-order valence-corrected chi connectivity index (χ2v) is 8.27. The SMILES string of the molecule is CCC(C)Oc1ccc(/C=C2\SC(=S)N(NC(=O)c3ccc(OC)cc3)C2=O)cc1. The lowest BCUT2D eigenvalue weighted by molar-refractivity contribution is -0.123. The van der Waals surface area contributed by atoms with Gasteiger partial charge in [0.25, 0.3) is 11.8 Å². The summed E-state index contributed by atoms with van der Waals surface area (Å²) < 4.78 is 11.1. The number of benzene rings is 2. The standard InChI is InChI=1S/C22H22N2O4S2/c1-4-14(2)28-18-9-5-15(6-10-18)13-19-21(26)24(22(29)30-19)23-20(25)16-7-11-17(27-3)12-8-16/h5-14H,4H2,1-3H3,(H,23,25)/b19-13-. The molecule has 0 saturated carbocycles. The fraction of sp³-hybridized carbons (Fsp3) is 0.227. The maximum absolute atomic E-state index is 12.7. The first-order valence-corrected chi connectivity index (χ1v) is 10.6. The molecule has 156 valence electrons. The molecule has 0 aliphatic carbocycles. The van der Waals surface area contributed by atoms with Crippen LogP contribution in [0.25, 0.3) is 6.08 Å². The second-order valence-electron chi connectivity index (χ2n) is 6.59. The quantitative estimate of drug-likeness (QED) is 0.506. The molecule has 2 amide bonds. The zero-order valence-electron chi connectivity index (χ0n) is 16.9. The maximum atomic E-state index is 12.7. The number of carbonyl (C=O) groups is 2. The van der Waals surface area contributed by atoms with Crippen molar-refractivity contribution >= 4 is 46.2 Å². The Hall–Kier alpha value is -2.84. The van der Waals surface area contributed by atoms with Crippen molar-refractivity contribution in [3.63, 3.8) is 0 Å². The van der Waals surface area contributed by atoms with Gasteiger partial charge in [0, 0.05) is 5.56 Å². The van der Waals surface area contributed by atoms with E-state index in [1.807, 2.05) is 31.2 Å². The number of amides is 2. The van der Waals surface area contributed by atoms with Crippen molar-refractivity contribution in [1.29, 1.82) is 0 Å². The highest BCUT2D eigenvalue weighted by molar-refractivity contribution is 8.26. The van der Waals surface area contributed by atoms with Crippen molar-refractivity contribution in [2.24, 2.45) is 0 Å². The minimum absolute atomic E-state index is 0.140. The Labute approximate surface area is 185 Å². The lowest BCUT2D eigenvalue weighted by Crippen LogP contribution is -2.44. The van der Waals surface area contributed by atoms with E-state index in [9.17, 15) is 9.59 Å². The van der Waals surface area contributed by atoms with E-state index < -0.39 is 5.91 Å². The molecule has 0 radical (unpaired) electrons. The van der Waals surface area contributed by atoms with Gasteiger partial charge in [0.1, 0.15) is 11.5 Å². The van der Waals surface area contributed by atoms with Gasteiger partial charge in [-0.1, -0.05) is 30.8 Å². The van der Waals surface area contributed by atoms with Gasteiger partial charge in [0.2, 0.25) is 0 Å². The molecule has 1 unspecified atom stereocenters. The fourth-order valence-electron chi connectivity index (χ4n) is 2.58. The molecule has 1 heterocycles. The van der Waals surface area contributed by atoms with E-state index in [0.29, 0.717) is 16.2 Å². The highest BCUT2D eigenvalue weighted by atomic mass is 32.2. The predicted octanol–water partition coefficient (Wildman–Crippen LogP) is 4.42. The fourth-order valence-corrected chi connectivity index (χ4v) is 3.76. The minimum Gasteiger partial charge on any atom is -0.497 e. The van der Waals surface area contributed by atoms with Crippen LogP contribution >= 0.6 is 24.0 Å². The van der Waals surface area contributed by atoms with Crippen LogP contribution in [0.1, 0.15) is 36.2 Å². The number of methoxy groups -OCH3 is 1. The summed E-state index contributed by atoms with van der Waals surface area (Å²) in [7, 11) is 1.55. The molecule has 1 atom stereocenters. The molecule has 3 rings (SSSR count). The normalized spacial score (nSPS) is 16.0. The second kappa shape index (κ2) is 9.77. The predicted molar refractivity (Wildman–Crippen MR) is 122 cm³/mol. The summed E-state index contributed by atoms with van der Waals surface area (Å²) in [5, 5.41) is 1.10. The molecule has 2 aromatic carbocycles. The number of hydrogen-bond donors (Lipinski definition) is 1. The Kier molecular flexibility index (Phi) is 7.12. The summed E-state index contributed by atoms with van der Waals surface area (Å²) in [4.78, 5) is 25.6. The first-order chi connectivity index (χ1) is 14.4. The number of hydrazine groups is 1. The number of ether oxygens (including phenoxy) is 2. The summed E-state index contributed by atoms with van der Waals surface area (Å²) in [6.07, 6.45) is 2.81. The zero-order valence-corrected chi connectivity index (χ0v) is 18.5. The number of hydrogen-bond acceptors (Lipinski definition) is 6. The van der Waals surface area contributed by atoms with E-state index >= 15 is 0 Å². The van der Waals surface area contributed by atoms with Gasteiger partial charge < -0.3 is 9.47 Å². The van der Waals surface area contributed by atoms with Crippen molar-refractivity contribution in [2.45, 2.75) is 26.4 Å². The summed E-state index contributed by atoms with van der Waals surface area (Å²) in [6, 6.07) is 14.1. The Morgan fingerprint density at radius 3 is 2.40 bits per heavy atom. The Morgan fingerprint density at radius 2 is 1.80 bits per heavy atom. The molecule has 0 spiro atoms. The van der Waals surface area contributed by atoms with E-state index in [4.69, 9.17) is 21.7 Å². The average Bonchev–Trinajstić information content (AvgIpc) is 3.02. The molecule has 1 fully saturated rings. The van der Waals surface area contributed by atoms with Crippen LogP contribution in [0.15, 0.2) is 53.4 Å². The van der Waals surface area contributed by atoms with Crippen molar-refractivity contribution in [1.82, 2.24) is 10.4 Å². The number of nitrogens with zero attached hydrogens (tertiary/aromatic N) is 1. The van der Waals surface area contributed by atoms with Gasteiger partial charge in [-0.2, -0.15) is 5.01 Å². The average molecular weight is 443 g/mol. The minimum atomic E-state index is -0.429. The van der Waals surface area contributed by atoms with Gasteiger partial charge in [-0.25, -0.2) is 0 Å². The third-order valence-corrected chi connectivity index (χ3v) is 5.75. The molecule has 0 bridgehead atoms. The molecular weight excluding hydrogens is 420 g/mol. The summed E-state index contributed by atoms with van der Waals surface area (Å²) >= 11 is 6.41. The maximum Gasteiger partial charge on any atom is 0.285 e. The Morgan fingerprint density at radius 1 is 1.17 bits per heavy atom. The molecule has 1 aliphatic heterocycles. The van der Waals surface area contributed by atoms with Crippen molar-refractivity contribution < 1.29 is 19.1 Å². The van der Waals surface area contributed by atoms with E-state index in [-0.39, 0.29) is 16.3 Å². The van der Waals surface area contributed by atoms with Crippen molar-refractivity contribution in [3.05, 3.63) is 64.6 Å². The highest BCUT2D eigenvalue weighted by Gasteiger charge is 2.33. The third-order valence-electron chi connectivity index (χ3n) is 4.45. The number of thiocarbonyl (C=S) groups is 1. The lowest BCUT2D eigenvalue weighted by atomic mass is 10.2. The van der Waals surface area contributed by atoms with Gasteiger partial charge in [0.15, 0.2) is 4.32 Å². The van der Waals surface area contributed by atoms with Crippen molar-refractivity contribution in [3.8, 4) is 11.5 Å². The van der Waals surface area contributed by atoms with E-state index in [1.165, 1.54) is 0 Å². The molecule has 1 aliphatic rings. The molecule has 6 nitrogen and oxygen atoms in total. The van der Waals surface area contributed by atoms with E-state index in [1.54, 1.807) is 37.5 Å². The molecular formula is C22H22N2O4S2. The molecule has 2 aromatic rings. The molecule has 8 heteroatoms. The van der Waals surface area contributed by atoms with Crippen LogP contribution in [0.5, 0.6) is 11.5 Å². The van der Waals surface area contributed by atoms with E-state index in [2.05, 4.69) is 12.3 Å². The summed E-state index contributed by atoms with van der Waals surface area (Å²) in [6.45, 7) is 4.08. The zero-order chi connectivity index (χ0) is 21.7. The van der Waals surface area contributed by atoms with Gasteiger partial charge in [-0.15, -0.1) is 0 Å². The van der Waals surface area contributed by atoms with Crippen LogP contribution in [-0.2, 0) is 4.79 Å².